The number of allylic oxidation sites excluding steroid dienone is 2. The van der Waals surface area contributed by atoms with Gasteiger partial charge in [-0.2, -0.15) is 0 Å². The smallest absolute Gasteiger partial charge is 0.181 e. The van der Waals surface area contributed by atoms with Gasteiger partial charge in [-0.05, 0) is 0 Å². The quantitative estimate of drug-likeness (QED) is 0.422. The molecule has 0 bridgehead atoms. The lowest BCUT2D eigenvalue weighted by Crippen LogP contribution is -1.95. The first-order valence-electron chi connectivity index (χ1n) is 1.96. The maximum Gasteiger partial charge on any atom is 0.181 e. The van der Waals surface area contributed by atoms with Gasteiger partial charge in [0.15, 0.2) is 5.78 Å². The van der Waals surface area contributed by atoms with Crippen LogP contribution in [0.25, 0.3) is 0 Å². The van der Waals surface area contributed by atoms with Gasteiger partial charge in [-0.3, -0.25) is 10.1 Å². The Hall–Kier alpha value is -1.05. The molecule has 1 radical (unpaired) electrons. The zero-order valence-electron chi connectivity index (χ0n) is 3.66. The van der Waals surface area contributed by atoms with Crippen molar-refractivity contribution in [3.63, 3.8) is 0 Å². The van der Waals surface area contributed by atoms with Crippen LogP contribution in [0.2, 0.25) is 0 Å². The van der Waals surface area contributed by atoms with E-state index in [2.05, 4.69) is 5.32 Å². The second-order valence-electron chi connectivity index (χ2n) is 1.18. The van der Waals surface area contributed by atoms with Gasteiger partial charge in [0.2, 0.25) is 0 Å². The molecular weight excluding hydrogens is 90.1 g/mol. The monoisotopic (exact) mass is 94.0 g/mol. The number of ketones is 1. The fraction of sp³-hybridized carbons (Fsp3) is 0. The molecule has 1 aliphatic rings. The lowest BCUT2D eigenvalue weighted by Gasteiger charge is -1.88. The van der Waals surface area contributed by atoms with Crippen LogP contribution in [0.4, 0.5) is 0 Å². The predicted octanol–water partition coefficient (Wildman–Crippen LogP) is 0.201. The summed E-state index contributed by atoms with van der Waals surface area (Å²) in [5.74, 6) is 0.00926. The van der Waals surface area contributed by atoms with Gasteiger partial charge in [0, 0.05) is 24.6 Å². The SMILES string of the molecule is O=C1C=C[N]C=C1. The topological polar surface area (TPSA) is 31.2 Å². The van der Waals surface area contributed by atoms with Crippen molar-refractivity contribution >= 4 is 5.78 Å². The van der Waals surface area contributed by atoms with E-state index in [1.807, 2.05) is 0 Å². The van der Waals surface area contributed by atoms with E-state index < -0.39 is 0 Å². The van der Waals surface area contributed by atoms with Crippen molar-refractivity contribution in [2.45, 2.75) is 0 Å². The van der Waals surface area contributed by atoms with Crippen LogP contribution >= 0.6 is 0 Å². The molecule has 0 aromatic heterocycles. The molecule has 0 unspecified atom stereocenters. The van der Waals surface area contributed by atoms with Gasteiger partial charge in [-0.1, -0.05) is 0 Å². The normalized spacial score (nSPS) is 16.9. The molecule has 0 N–H and O–H groups in total. The first kappa shape index (κ1) is 4.12. The fourth-order valence-corrected chi connectivity index (χ4v) is 0.338. The largest absolute Gasteiger partial charge is 0.290 e. The lowest BCUT2D eigenvalue weighted by atomic mass is 10.3. The summed E-state index contributed by atoms with van der Waals surface area (Å²) in [5, 5.41) is 3.65. The van der Waals surface area contributed by atoms with Gasteiger partial charge in [0.25, 0.3) is 0 Å². The first-order chi connectivity index (χ1) is 3.39. The number of carbonyl (C=O) groups excluding carboxylic acids is 1. The second-order valence-corrected chi connectivity index (χ2v) is 1.18. The Kier molecular flexibility index (Phi) is 0.941. The highest BCUT2D eigenvalue weighted by Crippen LogP contribution is 1.84. The molecular formula is C5H4NO. The van der Waals surface area contributed by atoms with Crippen molar-refractivity contribution in [3.8, 4) is 0 Å². The van der Waals surface area contributed by atoms with E-state index in [1.165, 1.54) is 24.6 Å². The van der Waals surface area contributed by atoms with Crippen molar-refractivity contribution in [2.75, 3.05) is 0 Å². The maximum absolute atomic E-state index is 10.2. The zero-order chi connectivity index (χ0) is 5.11. The van der Waals surface area contributed by atoms with E-state index in [0.717, 1.165) is 0 Å². The highest BCUT2D eigenvalue weighted by molar-refractivity contribution is 5.99. The molecule has 2 nitrogen and oxygen atoms in total. The van der Waals surface area contributed by atoms with Crippen LogP contribution in [-0.2, 0) is 4.79 Å². The minimum absolute atomic E-state index is 0.00926. The molecule has 2 heteroatoms. The van der Waals surface area contributed by atoms with Crippen molar-refractivity contribution in [3.05, 3.63) is 24.6 Å². The van der Waals surface area contributed by atoms with Crippen molar-refractivity contribution < 1.29 is 4.79 Å². The van der Waals surface area contributed by atoms with Crippen LogP contribution in [0, 0.1) is 0 Å². The van der Waals surface area contributed by atoms with Crippen LogP contribution in [-0.4, -0.2) is 5.78 Å². The number of rotatable bonds is 0. The highest BCUT2D eigenvalue weighted by atomic mass is 16.1. The van der Waals surface area contributed by atoms with Crippen molar-refractivity contribution in [1.29, 1.82) is 0 Å². The molecule has 1 heterocycles. The minimum atomic E-state index is 0.00926. The third-order valence-electron chi connectivity index (χ3n) is 0.650. The van der Waals surface area contributed by atoms with E-state index in [-0.39, 0.29) is 5.78 Å². The Bertz CT molecular complexity index is 121. The van der Waals surface area contributed by atoms with Crippen LogP contribution in [0.1, 0.15) is 0 Å². The first-order valence-corrected chi connectivity index (χ1v) is 1.96. The number of nitrogens with zero attached hydrogens (tertiary/aromatic N) is 1. The van der Waals surface area contributed by atoms with Crippen molar-refractivity contribution in [2.24, 2.45) is 0 Å². The van der Waals surface area contributed by atoms with E-state index >= 15 is 0 Å². The average molecular weight is 94.1 g/mol. The average Bonchev–Trinajstić information content (AvgIpc) is 1.69. The fourth-order valence-electron chi connectivity index (χ4n) is 0.338. The van der Waals surface area contributed by atoms with E-state index in [0.29, 0.717) is 0 Å². The summed E-state index contributed by atoms with van der Waals surface area (Å²) < 4.78 is 0. The molecule has 0 saturated heterocycles. The van der Waals surface area contributed by atoms with Gasteiger partial charge in [-0.25, -0.2) is 0 Å². The summed E-state index contributed by atoms with van der Waals surface area (Å²) >= 11 is 0. The standard InChI is InChI=1S/C5H4NO/c7-5-1-3-6-4-2-5/h1-4H. The second kappa shape index (κ2) is 1.60. The predicted molar refractivity (Wildman–Crippen MR) is 25.4 cm³/mol. The van der Waals surface area contributed by atoms with Gasteiger partial charge in [-0.15, -0.1) is 0 Å². The van der Waals surface area contributed by atoms with Crippen LogP contribution < -0.4 is 5.32 Å². The third kappa shape index (κ3) is 0.892. The summed E-state index contributed by atoms with van der Waals surface area (Å²) in [5.41, 5.74) is 0. The van der Waals surface area contributed by atoms with E-state index in [1.54, 1.807) is 0 Å². The molecule has 0 aromatic carbocycles. The summed E-state index contributed by atoms with van der Waals surface area (Å²) in [7, 11) is 0. The Balaban J connectivity index is 2.66. The molecule has 1 rings (SSSR count). The van der Waals surface area contributed by atoms with E-state index in [9.17, 15) is 4.79 Å². The zero-order valence-corrected chi connectivity index (χ0v) is 3.66. The van der Waals surface area contributed by atoms with Crippen LogP contribution in [0.3, 0.4) is 0 Å². The van der Waals surface area contributed by atoms with Gasteiger partial charge in [0.1, 0.15) is 0 Å². The van der Waals surface area contributed by atoms with E-state index in [4.69, 9.17) is 0 Å². The summed E-state index contributed by atoms with van der Waals surface area (Å²) in [6.07, 6.45) is 5.78. The molecule has 35 valence electrons. The molecule has 0 atom stereocenters. The Morgan fingerprint density at radius 1 is 1.29 bits per heavy atom. The van der Waals surface area contributed by atoms with Crippen LogP contribution in [0.15, 0.2) is 24.6 Å². The van der Waals surface area contributed by atoms with Gasteiger partial charge >= 0.3 is 0 Å². The summed E-state index contributed by atoms with van der Waals surface area (Å²) in [6.45, 7) is 0. The maximum atomic E-state index is 10.2. The molecule has 0 spiro atoms. The molecule has 0 aromatic rings. The van der Waals surface area contributed by atoms with Crippen molar-refractivity contribution in [1.82, 2.24) is 5.32 Å². The Labute approximate surface area is 41.5 Å². The molecule has 1 aliphatic heterocycles. The Morgan fingerprint density at radius 3 is 2.14 bits per heavy atom. The minimum Gasteiger partial charge on any atom is -0.290 e. The molecule has 7 heavy (non-hydrogen) atoms. The molecule has 0 saturated carbocycles. The summed E-state index contributed by atoms with van der Waals surface area (Å²) in [4.78, 5) is 10.2. The number of carbonyl (C=O) groups is 1. The Morgan fingerprint density at radius 2 is 1.86 bits per heavy atom. The number of hydrogen-bond acceptors (Lipinski definition) is 1. The molecule has 0 amide bonds. The van der Waals surface area contributed by atoms with Gasteiger partial charge < -0.3 is 0 Å². The molecule has 0 aliphatic carbocycles. The molecule has 0 fully saturated rings. The number of hydrogen-bond donors (Lipinski definition) is 0. The summed E-state index contributed by atoms with van der Waals surface area (Å²) in [6, 6.07) is 0. The highest BCUT2D eigenvalue weighted by Gasteiger charge is 1.89. The van der Waals surface area contributed by atoms with Crippen LogP contribution in [0.5, 0.6) is 0 Å². The van der Waals surface area contributed by atoms with Gasteiger partial charge in [0.05, 0.1) is 0 Å². The lowest BCUT2D eigenvalue weighted by molar-refractivity contribution is -0.110. The third-order valence-corrected chi connectivity index (χ3v) is 0.650.